The van der Waals surface area contributed by atoms with Crippen LogP contribution in [0.2, 0.25) is 0 Å². The first kappa shape index (κ1) is 36.5. The van der Waals surface area contributed by atoms with Gasteiger partial charge in [-0.1, -0.05) is 51.7 Å². The highest BCUT2D eigenvalue weighted by atomic mass is 16.7. The normalized spacial score (nSPS) is 22.4. The highest BCUT2D eigenvalue weighted by Gasteiger charge is 2.31. The Bertz CT molecular complexity index is 650. The number of esters is 2. The molecule has 0 aromatic rings. The molecule has 0 N–H and O–H groups in total. The Morgan fingerprint density at radius 3 is 1.19 bits per heavy atom. The van der Waals surface area contributed by atoms with Crippen molar-refractivity contribution in [3.05, 3.63) is 25.3 Å². The zero-order valence-electron chi connectivity index (χ0n) is 26.1. The molecular weight excluding hydrogens is 536 g/mol. The van der Waals surface area contributed by atoms with Crippen LogP contribution in [-0.4, -0.2) is 64.2 Å². The third kappa shape index (κ3) is 18.0. The first-order valence-electron chi connectivity index (χ1n) is 16.6. The van der Waals surface area contributed by atoms with Gasteiger partial charge in [-0.05, 0) is 88.9 Å². The fraction of sp³-hybridized carbons (Fsp3) is 0.824. The fourth-order valence-electron chi connectivity index (χ4n) is 6.00. The van der Waals surface area contributed by atoms with Gasteiger partial charge in [0.05, 0.1) is 25.4 Å². The molecule has 0 atom stereocenters. The van der Waals surface area contributed by atoms with Gasteiger partial charge in [-0.15, -0.1) is 0 Å². The van der Waals surface area contributed by atoms with E-state index in [2.05, 4.69) is 13.2 Å². The van der Waals surface area contributed by atoms with Gasteiger partial charge in [-0.3, -0.25) is 0 Å². The average Bonchev–Trinajstić information content (AvgIpc) is 3.02. The van der Waals surface area contributed by atoms with Crippen LogP contribution in [0.3, 0.4) is 0 Å². The van der Waals surface area contributed by atoms with Gasteiger partial charge in [-0.25, -0.2) is 9.59 Å². The first-order valence-corrected chi connectivity index (χ1v) is 16.6. The molecule has 242 valence electrons. The number of rotatable bonds is 25. The van der Waals surface area contributed by atoms with E-state index in [-0.39, 0.29) is 11.9 Å². The molecule has 0 aliphatic heterocycles. The molecule has 2 rings (SSSR count). The lowest BCUT2D eigenvalue weighted by molar-refractivity contribution is -0.138. The minimum atomic E-state index is -0.341. The molecule has 2 fully saturated rings. The van der Waals surface area contributed by atoms with Gasteiger partial charge in [-0.2, -0.15) is 0 Å². The monoisotopic (exact) mass is 594 g/mol. The maximum atomic E-state index is 11.0. The summed E-state index contributed by atoms with van der Waals surface area (Å²) >= 11 is 0. The van der Waals surface area contributed by atoms with Crippen LogP contribution in [0, 0.1) is 11.8 Å². The van der Waals surface area contributed by atoms with E-state index < -0.39 is 0 Å². The summed E-state index contributed by atoms with van der Waals surface area (Å²) in [7, 11) is 0. The third-order valence-electron chi connectivity index (χ3n) is 8.57. The molecule has 2 saturated carbocycles. The summed E-state index contributed by atoms with van der Waals surface area (Å²) in [5.41, 5.74) is 0. The van der Waals surface area contributed by atoms with Crippen molar-refractivity contribution in [2.45, 2.75) is 128 Å². The lowest BCUT2D eigenvalue weighted by Gasteiger charge is -2.37. The van der Waals surface area contributed by atoms with E-state index in [0.717, 1.165) is 115 Å². The molecule has 42 heavy (non-hydrogen) atoms. The van der Waals surface area contributed by atoms with Crippen molar-refractivity contribution >= 4 is 11.9 Å². The van der Waals surface area contributed by atoms with Gasteiger partial charge in [0.25, 0.3) is 0 Å². The molecular formula is C34H58O8. The quantitative estimate of drug-likeness (QED) is 0.0466. The van der Waals surface area contributed by atoms with Crippen LogP contribution < -0.4 is 0 Å². The second-order valence-electron chi connectivity index (χ2n) is 11.7. The van der Waals surface area contributed by atoms with Crippen LogP contribution in [0.25, 0.3) is 0 Å². The summed E-state index contributed by atoms with van der Waals surface area (Å²) in [6.07, 6.45) is 23.3. The highest BCUT2D eigenvalue weighted by Crippen LogP contribution is 2.39. The van der Waals surface area contributed by atoms with Crippen molar-refractivity contribution in [2.75, 3.05) is 40.0 Å². The number of hydrogen-bond donors (Lipinski definition) is 0. The molecule has 2 aliphatic rings. The lowest BCUT2D eigenvalue weighted by atomic mass is 9.72. The molecule has 0 amide bonds. The highest BCUT2D eigenvalue weighted by molar-refractivity contribution is 5.81. The van der Waals surface area contributed by atoms with E-state index in [4.69, 9.17) is 28.4 Å². The van der Waals surface area contributed by atoms with Gasteiger partial charge in [0.15, 0.2) is 0 Å². The molecule has 8 heteroatoms. The van der Waals surface area contributed by atoms with Gasteiger partial charge in [0.1, 0.15) is 13.6 Å². The molecule has 0 bridgehead atoms. The van der Waals surface area contributed by atoms with Gasteiger partial charge in [0, 0.05) is 25.4 Å². The SMILES string of the molecule is C=CC(=O)OCCCCCCCOCOC1CCC(C2CCC(OCOCCCCCCCOC(=O)C=C)CC2)CC1. The van der Waals surface area contributed by atoms with Crippen molar-refractivity contribution in [3.8, 4) is 0 Å². The molecule has 0 saturated heterocycles. The summed E-state index contributed by atoms with van der Waals surface area (Å²) < 4.78 is 33.4. The van der Waals surface area contributed by atoms with Gasteiger partial charge >= 0.3 is 11.9 Å². The number of hydrogen-bond acceptors (Lipinski definition) is 8. The zero-order chi connectivity index (χ0) is 30.1. The minimum absolute atomic E-state index is 0.341. The van der Waals surface area contributed by atoms with E-state index in [0.29, 0.717) is 39.0 Å². The Hall–Kier alpha value is -1.74. The van der Waals surface area contributed by atoms with Crippen LogP contribution in [0.5, 0.6) is 0 Å². The van der Waals surface area contributed by atoms with Crippen LogP contribution in [0.4, 0.5) is 0 Å². The Morgan fingerprint density at radius 1 is 0.500 bits per heavy atom. The summed E-state index contributed by atoms with van der Waals surface area (Å²) in [5.74, 6) is 0.979. The fourth-order valence-corrected chi connectivity index (χ4v) is 6.00. The average molecular weight is 595 g/mol. The second-order valence-corrected chi connectivity index (χ2v) is 11.7. The van der Waals surface area contributed by atoms with Crippen LogP contribution in [-0.2, 0) is 38.0 Å². The maximum Gasteiger partial charge on any atom is 0.330 e. The predicted octanol–water partition coefficient (Wildman–Crippen LogP) is 7.44. The summed E-state index contributed by atoms with van der Waals surface area (Å²) in [6, 6.07) is 0. The summed E-state index contributed by atoms with van der Waals surface area (Å²) in [4.78, 5) is 21.9. The number of unbranched alkanes of at least 4 members (excludes halogenated alkanes) is 8. The molecule has 0 aromatic heterocycles. The largest absolute Gasteiger partial charge is 0.463 e. The summed E-state index contributed by atoms with van der Waals surface area (Å²) in [6.45, 7) is 10.0. The van der Waals surface area contributed by atoms with Crippen molar-refractivity contribution in [1.82, 2.24) is 0 Å². The first-order chi connectivity index (χ1) is 20.6. The zero-order valence-corrected chi connectivity index (χ0v) is 26.1. The predicted molar refractivity (Wildman–Crippen MR) is 164 cm³/mol. The van der Waals surface area contributed by atoms with Crippen molar-refractivity contribution in [1.29, 1.82) is 0 Å². The van der Waals surface area contributed by atoms with E-state index in [1.54, 1.807) is 0 Å². The van der Waals surface area contributed by atoms with E-state index >= 15 is 0 Å². The molecule has 8 nitrogen and oxygen atoms in total. The van der Waals surface area contributed by atoms with E-state index in [9.17, 15) is 9.59 Å². The third-order valence-corrected chi connectivity index (χ3v) is 8.57. The molecule has 0 heterocycles. The van der Waals surface area contributed by atoms with Crippen molar-refractivity contribution < 1.29 is 38.0 Å². The Labute approximate surface area is 254 Å². The Balaban J connectivity index is 1.34. The minimum Gasteiger partial charge on any atom is -0.463 e. The molecule has 0 spiro atoms. The van der Waals surface area contributed by atoms with E-state index in [1.807, 2.05) is 0 Å². The Morgan fingerprint density at radius 2 is 0.833 bits per heavy atom. The van der Waals surface area contributed by atoms with Crippen LogP contribution in [0.15, 0.2) is 25.3 Å². The maximum absolute atomic E-state index is 11.0. The molecule has 0 radical (unpaired) electrons. The summed E-state index contributed by atoms with van der Waals surface area (Å²) in [5, 5.41) is 0. The molecule has 0 unspecified atom stereocenters. The van der Waals surface area contributed by atoms with Crippen molar-refractivity contribution in [2.24, 2.45) is 11.8 Å². The topological polar surface area (TPSA) is 89.5 Å². The van der Waals surface area contributed by atoms with Gasteiger partial charge < -0.3 is 28.4 Å². The van der Waals surface area contributed by atoms with Crippen LogP contribution >= 0.6 is 0 Å². The molecule has 0 aromatic carbocycles. The lowest BCUT2D eigenvalue weighted by Crippen LogP contribution is -2.31. The van der Waals surface area contributed by atoms with Crippen molar-refractivity contribution in [3.63, 3.8) is 0 Å². The van der Waals surface area contributed by atoms with Crippen LogP contribution in [0.1, 0.15) is 116 Å². The Kier molecular flexibility index (Phi) is 21.4. The molecule has 2 aliphatic carbocycles. The smallest absolute Gasteiger partial charge is 0.330 e. The number of ether oxygens (including phenoxy) is 6. The second kappa shape index (κ2) is 24.7. The van der Waals surface area contributed by atoms with E-state index in [1.165, 1.54) is 37.8 Å². The number of carbonyl (C=O) groups excluding carboxylic acids is 2. The van der Waals surface area contributed by atoms with Gasteiger partial charge in [0.2, 0.25) is 0 Å². The standard InChI is InChI=1S/C34H58O8/c1-3-33(35)39-25-13-9-5-7-11-23-37-27-41-31-19-15-29(16-20-31)30-17-21-32(22-18-30)42-28-38-24-12-8-6-10-14-26-40-34(36)4-2/h3-4,29-32H,1-2,5-28H2. The number of carbonyl (C=O) groups is 2.